The Kier molecular flexibility index (Phi) is 4.03. The highest BCUT2D eigenvalue weighted by Gasteiger charge is 2.41. The highest BCUT2D eigenvalue weighted by Crippen LogP contribution is 2.37. The molecule has 0 aliphatic heterocycles. The van der Waals surface area contributed by atoms with Crippen LogP contribution in [0.3, 0.4) is 0 Å². The highest BCUT2D eigenvalue weighted by atomic mass is 127. The van der Waals surface area contributed by atoms with Crippen molar-refractivity contribution in [3.8, 4) is 0 Å². The predicted octanol–water partition coefficient (Wildman–Crippen LogP) is 4.31. The molecule has 0 saturated carbocycles. The first kappa shape index (κ1) is 12.1. The van der Waals surface area contributed by atoms with Crippen LogP contribution in [0.2, 0.25) is 5.02 Å². The fraction of sp³-hybridized carbons (Fsp3) is 0.250. The third-order valence-corrected chi connectivity index (χ3v) is 2.32. The fourth-order valence-electron chi connectivity index (χ4n) is 0.928. The van der Waals surface area contributed by atoms with E-state index >= 15 is 0 Å². The van der Waals surface area contributed by atoms with Gasteiger partial charge in [-0.3, -0.25) is 3.07 Å². The zero-order valence-electron chi connectivity index (χ0n) is 6.68. The van der Waals surface area contributed by atoms with Crippen LogP contribution in [0.25, 0.3) is 0 Å². The van der Waals surface area contributed by atoms with Crippen LogP contribution in [-0.4, -0.2) is 6.18 Å². The van der Waals surface area contributed by atoms with E-state index in [0.717, 1.165) is 0 Å². The molecule has 78 valence electrons. The molecule has 1 rings (SSSR count). The number of halogens is 5. The standard InChI is InChI=1S/C8H5ClF3IO/c9-6-3-1-5(2-4-6)7(14-13)8(10,11)12/h1-4,7H. The lowest BCUT2D eigenvalue weighted by molar-refractivity contribution is -0.189. The van der Waals surface area contributed by atoms with Crippen molar-refractivity contribution in [2.24, 2.45) is 0 Å². The molecule has 1 atom stereocenters. The lowest BCUT2D eigenvalue weighted by Gasteiger charge is -2.17. The van der Waals surface area contributed by atoms with Crippen LogP contribution in [0, 0.1) is 0 Å². The van der Waals surface area contributed by atoms with Gasteiger partial charge in [-0.15, -0.1) is 0 Å². The third-order valence-electron chi connectivity index (χ3n) is 1.56. The number of hydrogen-bond donors (Lipinski definition) is 0. The van der Waals surface area contributed by atoms with Crippen molar-refractivity contribution in [3.05, 3.63) is 34.9 Å². The van der Waals surface area contributed by atoms with Crippen LogP contribution in [-0.2, 0) is 3.07 Å². The normalized spacial score (nSPS) is 14.1. The van der Waals surface area contributed by atoms with Crippen LogP contribution in [0.15, 0.2) is 24.3 Å². The second kappa shape index (κ2) is 4.67. The topological polar surface area (TPSA) is 9.23 Å². The smallest absolute Gasteiger partial charge is 0.298 e. The minimum atomic E-state index is -4.41. The van der Waals surface area contributed by atoms with Crippen LogP contribution in [0.4, 0.5) is 13.2 Å². The molecule has 1 aromatic rings. The van der Waals surface area contributed by atoms with Crippen molar-refractivity contribution in [1.29, 1.82) is 0 Å². The summed E-state index contributed by atoms with van der Waals surface area (Å²) in [5, 5.41) is 0.392. The van der Waals surface area contributed by atoms with E-state index in [1.54, 1.807) is 0 Å². The minimum Gasteiger partial charge on any atom is -0.298 e. The Morgan fingerprint density at radius 2 is 1.71 bits per heavy atom. The third kappa shape index (κ3) is 2.99. The fourth-order valence-corrected chi connectivity index (χ4v) is 1.64. The summed E-state index contributed by atoms with van der Waals surface area (Å²) >= 11 is 6.78. The summed E-state index contributed by atoms with van der Waals surface area (Å²) in [6, 6.07) is 5.37. The van der Waals surface area contributed by atoms with E-state index in [9.17, 15) is 13.2 Å². The molecule has 0 spiro atoms. The molecule has 6 heteroatoms. The molecule has 0 bridgehead atoms. The number of benzene rings is 1. The molecule has 1 aromatic carbocycles. The van der Waals surface area contributed by atoms with Crippen molar-refractivity contribution < 1.29 is 16.2 Å². The van der Waals surface area contributed by atoms with Gasteiger partial charge in [-0.05, 0) is 17.7 Å². The zero-order chi connectivity index (χ0) is 10.8. The van der Waals surface area contributed by atoms with Crippen LogP contribution >= 0.6 is 34.6 Å². The summed E-state index contributed by atoms with van der Waals surface area (Å²) in [6.07, 6.45) is -6.31. The molecule has 0 radical (unpaired) electrons. The Labute approximate surface area is 97.9 Å². The van der Waals surface area contributed by atoms with Gasteiger partial charge in [-0.25, -0.2) is 0 Å². The largest absolute Gasteiger partial charge is 0.419 e. The van der Waals surface area contributed by atoms with Gasteiger partial charge in [0.2, 0.25) is 0 Å². The molecule has 0 heterocycles. The number of alkyl halides is 3. The average molecular weight is 336 g/mol. The van der Waals surface area contributed by atoms with E-state index in [-0.39, 0.29) is 5.56 Å². The van der Waals surface area contributed by atoms with Crippen molar-refractivity contribution in [1.82, 2.24) is 0 Å². The summed E-state index contributed by atoms with van der Waals surface area (Å²) < 4.78 is 41.4. The molecule has 1 unspecified atom stereocenters. The Bertz CT molecular complexity index is 298. The Balaban J connectivity index is 2.96. The van der Waals surface area contributed by atoms with Gasteiger partial charge in [-0.2, -0.15) is 13.2 Å². The van der Waals surface area contributed by atoms with E-state index in [0.29, 0.717) is 5.02 Å². The van der Waals surface area contributed by atoms with Gasteiger partial charge in [0, 0.05) is 5.02 Å². The zero-order valence-corrected chi connectivity index (χ0v) is 9.60. The summed E-state index contributed by atoms with van der Waals surface area (Å²) in [4.78, 5) is 0. The van der Waals surface area contributed by atoms with Crippen molar-refractivity contribution in [2.75, 3.05) is 0 Å². The van der Waals surface area contributed by atoms with E-state index in [4.69, 9.17) is 11.6 Å². The van der Waals surface area contributed by atoms with Crippen LogP contribution < -0.4 is 0 Å². The monoisotopic (exact) mass is 336 g/mol. The first-order chi connectivity index (χ1) is 6.45. The Morgan fingerprint density at radius 1 is 1.21 bits per heavy atom. The van der Waals surface area contributed by atoms with Crippen molar-refractivity contribution in [3.63, 3.8) is 0 Å². The molecule has 0 N–H and O–H groups in total. The quantitative estimate of drug-likeness (QED) is 0.731. The van der Waals surface area contributed by atoms with E-state index < -0.39 is 12.3 Å². The van der Waals surface area contributed by atoms with E-state index in [1.165, 1.54) is 47.3 Å². The molecule has 0 aliphatic rings. The van der Waals surface area contributed by atoms with Crippen LogP contribution in [0.1, 0.15) is 11.7 Å². The summed E-state index contributed by atoms with van der Waals surface area (Å²) in [5.74, 6) is 0. The van der Waals surface area contributed by atoms with Crippen molar-refractivity contribution in [2.45, 2.75) is 12.3 Å². The van der Waals surface area contributed by atoms with Gasteiger partial charge >= 0.3 is 6.18 Å². The first-order valence-corrected chi connectivity index (χ1v) is 4.80. The van der Waals surface area contributed by atoms with Crippen LogP contribution in [0.5, 0.6) is 0 Å². The first-order valence-electron chi connectivity index (χ1n) is 3.54. The minimum absolute atomic E-state index is 0.0382. The second-order valence-electron chi connectivity index (χ2n) is 2.56. The lowest BCUT2D eigenvalue weighted by atomic mass is 10.1. The molecular formula is C8H5ClF3IO. The predicted molar refractivity (Wildman–Crippen MR) is 55.4 cm³/mol. The average Bonchev–Trinajstić information content (AvgIpc) is 2.07. The molecular weight excluding hydrogens is 331 g/mol. The second-order valence-corrected chi connectivity index (χ2v) is 3.51. The summed E-state index contributed by atoms with van der Waals surface area (Å²) in [6.45, 7) is 0. The number of hydrogen-bond acceptors (Lipinski definition) is 1. The van der Waals surface area contributed by atoms with E-state index in [2.05, 4.69) is 3.07 Å². The molecule has 14 heavy (non-hydrogen) atoms. The maximum Gasteiger partial charge on any atom is 0.419 e. The maximum atomic E-state index is 12.3. The van der Waals surface area contributed by atoms with Gasteiger partial charge in [-0.1, -0.05) is 23.7 Å². The van der Waals surface area contributed by atoms with Gasteiger partial charge in [0.15, 0.2) is 6.10 Å². The highest BCUT2D eigenvalue weighted by molar-refractivity contribution is 14.1. The molecule has 0 aliphatic carbocycles. The SMILES string of the molecule is FC(F)(F)C(OI)c1ccc(Cl)cc1. The van der Waals surface area contributed by atoms with Gasteiger partial charge in [0.25, 0.3) is 0 Å². The summed E-state index contributed by atoms with van der Waals surface area (Å²) in [7, 11) is 0. The van der Waals surface area contributed by atoms with Gasteiger partial charge in [0.05, 0.1) is 0 Å². The Hall–Kier alpha value is -0.0100. The van der Waals surface area contributed by atoms with E-state index in [1.807, 2.05) is 0 Å². The molecule has 0 aromatic heterocycles. The Morgan fingerprint density at radius 3 is 2.07 bits per heavy atom. The number of rotatable bonds is 2. The molecule has 1 nitrogen and oxygen atoms in total. The summed E-state index contributed by atoms with van der Waals surface area (Å²) in [5.41, 5.74) is 0.0382. The lowest BCUT2D eigenvalue weighted by Crippen LogP contribution is -2.20. The van der Waals surface area contributed by atoms with Gasteiger partial charge in [0.1, 0.15) is 23.0 Å². The van der Waals surface area contributed by atoms with Crippen molar-refractivity contribution >= 4 is 34.6 Å². The molecule has 0 saturated heterocycles. The maximum absolute atomic E-state index is 12.3. The molecule has 0 fully saturated rings. The van der Waals surface area contributed by atoms with Gasteiger partial charge < -0.3 is 0 Å². The molecule has 0 amide bonds.